The second-order valence-electron chi connectivity index (χ2n) is 4.94. The molecule has 0 saturated carbocycles. The summed E-state index contributed by atoms with van der Waals surface area (Å²) >= 11 is 18.2. The van der Waals surface area contributed by atoms with E-state index in [0.29, 0.717) is 12.0 Å². The van der Waals surface area contributed by atoms with Gasteiger partial charge in [-0.25, -0.2) is 0 Å². The SMILES string of the molecule is NCCc1ccc(C2C(Cl)=C(Cl)C=CC2Cl)c(C(F)(F)F)c1. The molecule has 0 bridgehead atoms. The molecule has 1 aliphatic rings. The zero-order valence-corrected chi connectivity index (χ0v) is 13.6. The number of alkyl halides is 4. The average molecular weight is 371 g/mol. The Morgan fingerprint density at radius 3 is 2.45 bits per heavy atom. The Morgan fingerprint density at radius 1 is 1.18 bits per heavy atom. The second-order valence-corrected chi connectivity index (χ2v) is 6.25. The molecular formula is C15H13Cl3F3N. The third-order valence-corrected chi connectivity index (χ3v) is 4.70. The number of allylic oxidation sites excluding steroid dienone is 4. The topological polar surface area (TPSA) is 26.0 Å². The standard InChI is InChI=1S/C15H13Cl3F3N/c16-11-3-4-12(17)14(18)13(11)9-2-1-8(5-6-22)7-10(9)15(19,20)21/h1-4,7,11,13H,5-6,22H2. The molecule has 0 radical (unpaired) electrons. The first-order valence-electron chi connectivity index (χ1n) is 6.53. The van der Waals surface area contributed by atoms with Gasteiger partial charge in [0.25, 0.3) is 0 Å². The summed E-state index contributed by atoms with van der Waals surface area (Å²) in [7, 11) is 0. The van der Waals surface area contributed by atoms with Gasteiger partial charge >= 0.3 is 6.18 Å². The fraction of sp³-hybridized carbons (Fsp3) is 0.333. The highest BCUT2D eigenvalue weighted by atomic mass is 35.5. The van der Waals surface area contributed by atoms with Gasteiger partial charge in [-0.3, -0.25) is 0 Å². The monoisotopic (exact) mass is 369 g/mol. The molecule has 0 spiro atoms. The van der Waals surface area contributed by atoms with E-state index in [1.165, 1.54) is 18.2 Å². The van der Waals surface area contributed by atoms with Crippen LogP contribution in [0.25, 0.3) is 0 Å². The minimum atomic E-state index is -4.51. The van der Waals surface area contributed by atoms with Gasteiger partial charge in [0.2, 0.25) is 0 Å². The largest absolute Gasteiger partial charge is 0.416 e. The molecule has 2 unspecified atom stereocenters. The molecule has 0 aromatic heterocycles. The zero-order chi connectivity index (χ0) is 16.5. The van der Waals surface area contributed by atoms with Crippen molar-refractivity contribution in [3.8, 4) is 0 Å². The van der Waals surface area contributed by atoms with Crippen molar-refractivity contribution in [3.63, 3.8) is 0 Å². The van der Waals surface area contributed by atoms with Gasteiger partial charge in [0.15, 0.2) is 0 Å². The molecule has 1 aliphatic carbocycles. The predicted molar refractivity (Wildman–Crippen MR) is 84.5 cm³/mol. The lowest BCUT2D eigenvalue weighted by molar-refractivity contribution is -0.138. The van der Waals surface area contributed by atoms with Crippen molar-refractivity contribution in [2.45, 2.75) is 23.9 Å². The van der Waals surface area contributed by atoms with Gasteiger partial charge < -0.3 is 5.73 Å². The Labute approximate surface area is 141 Å². The van der Waals surface area contributed by atoms with Crippen LogP contribution in [0.4, 0.5) is 13.2 Å². The summed E-state index contributed by atoms with van der Waals surface area (Å²) < 4.78 is 40.2. The molecule has 0 saturated heterocycles. The Morgan fingerprint density at radius 2 is 1.86 bits per heavy atom. The molecule has 120 valence electrons. The molecule has 0 amide bonds. The fourth-order valence-corrected chi connectivity index (χ4v) is 3.31. The fourth-order valence-electron chi connectivity index (χ4n) is 2.41. The predicted octanol–water partition coefficient (Wildman–Crippen LogP) is 5.16. The van der Waals surface area contributed by atoms with E-state index in [1.54, 1.807) is 6.07 Å². The molecule has 0 fully saturated rings. The molecule has 7 heteroatoms. The minimum Gasteiger partial charge on any atom is -0.330 e. The third kappa shape index (κ3) is 3.62. The maximum atomic E-state index is 13.4. The van der Waals surface area contributed by atoms with Crippen LogP contribution in [0.2, 0.25) is 0 Å². The second kappa shape index (κ2) is 6.83. The van der Waals surface area contributed by atoms with Crippen LogP contribution >= 0.6 is 34.8 Å². The first-order chi connectivity index (χ1) is 10.3. The highest BCUT2D eigenvalue weighted by Crippen LogP contribution is 2.45. The molecule has 1 aromatic rings. The van der Waals surface area contributed by atoms with Crippen molar-refractivity contribution in [1.82, 2.24) is 0 Å². The molecule has 1 nitrogen and oxygen atoms in total. The third-order valence-electron chi connectivity index (χ3n) is 3.44. The highest BCUT2D eigenvalue weighted by molar-refractivity contribution is 6.41. The average Bonchev–Trinajstić information content (AvgIpc) is 2.44. The van der Waals surface area contributed by atoms with Gasteiger partial charge in [-0.1, -0.05) is 41.4 Å². The molecule has 2 rings (SSSR count). The molecule has 2 N–H and O–H groups in total. The number of rotatable bonds is 3. The van der Waals surface area contributed by atoms with E-state index in [0.717, 1.165) is 6.07 Å². The first kappa shape index (κ1) is 17.7. The van der Waals surface area contributed by atoms with Gasteiger partial charge in [-0.05, 0) is 36.2 Å². The Hall–Kier alpha value is -0.680. The number of nitrogens with two attached hydrogens (primary N) is 1. The minimum absolute atomic E-state index is 0.0146. The number of halogens is 6. The van der Waals surface area contributed by atoms with Crippen LogP contribution in [-0.2, 0) is 12.6 Å². The van der Waals surface area contributed by atoms with Crippen LogP contribution in [-0.4, -0.2) is 11.9 Å². The maximum absolute atomic E-state index is 13.4. The van der Waals surface area contributed by atoms with E-state index < -0.39 is 23.0 Å². The van der Waals surface area contributed by atoms with E-state index >= 15 is 0 Å². The number of benzene rings is 1. The van der Waals surface area contributed by atoms with Gasteiger partial charge in [0, 0.05) is 11.0 Å². The first-order valence-corrected chi connectivity index (χ1v) is 7.72. The summed E-state index contributed by atoms with van der Waals surface area (Å²) in [5, 5.41) is -0.388. The van der Waals surface area contributed by atoms with E-state index in [2.05, 4.69) is 0 Å². The van der Waals surface area contributed by atoms with Crippen LogP contribution < -0.4 is 5.73 Å². The molecular weight excluding hydrogens is 358 g/mol. The molecule has 22 heavy (non-hydrogen) atoms. The van der Waals surface area contributed by atoms with E-state index in [-0.39, 0.29) is 22.2 Å². The Kier molecular flexibility index (Phi) is 5.49. The summed E-state index contributed by atoms with van der Waals surface area (Å²) in [6.45, 7) is 0.271. The van der Waals surface area contributed by atoms with Gasteiger partial charge in [0.05, 0.1) is 16.0 Å². The van der Waals surface area contributed by atoms with E-state index in [1.807, 2.05) is 0 Å². The van der Waals surface area contributed by atoms with Gasteiger partial charge in [0.1, 0.15) is 0 Å². The van der Waals surface area contributed by atoms with Crippen LogP contribution in [0.15, 0.2) is 40.4 Å². The lowest BCUT2D eigenvalue weighted by Gasteiger charge is -2.27. The summed E-state index contributed by atoms with van der Waals surface area (Å²) in [5.41, 5.74) is 5.18. The maximum Gasteiger partial charge on any atom is 0.416 e. The van der Waals surface area contributed by atoms with Crippen LogP contribution in [0.3, 0.4) is 0 Å². The lowest BCUT2D eigenvalue weighted by Crippen LogP contribution is -2.20. The van der Waals surface area contributed by atoms with Crippen molar-refractivity contribution in [1.29, 1.82) is 0 Å². The zero-order valence-electron chi connectivity index (χ0n) is 11.3. The van der Waals surface area contributed by atoms with Crippen molar-refractivity contribution >= 4 is 34.8 Å². The van der Waals surface area contributed by atoms with Crippen molar-refractivity contribution in [3.05, 3.63) is 57.1 Å². The Bertz CT molecular complexity index is 623. The number of hydrogen-bond acceptors (Lipinski definition) is 1. The van der Waals surface area contributed by atoms with Crippen molar-refractivity contribution in [2.75, 3.05) is 6.54 Å². The summed E-state index contributed by atoms with van der Waals surface area (Å²) in [5.74, 6) is -0.829. The van der Waals surface area contributed by atoms with Crippen LogP contribution in [0.1, 0.15) is 22.6 Å². The molecule has 0 aliphatic heterocycles. The molecule has 1 aromatic carbocycles. The van der Waals surface area contributed by atoms with Crippen LogP contribution in [0, 0.1) is 0 Å². The summed E-state index contributed by atoms with van der Waals surface area (Å²) in [6.07, 6.45) is -1.12. The molecule has 2 atom stereocenters. The van der Waals surface area contributed by atoms with E-state index in [9.17, 15) is 13.2 Å². The van der Waals surface area contributed by atoms with Crippen molar-refractivity contribution in [2.24, 2.45) is 5.73 Å². The lowest BCUT2D eigenvalue weighted by atomic mass is 9.87. The highest BCUT2D eigenvalue weighted by Gasteiger charge is 2.38. The molecule has 0 heterocycles. The van der Waals surface area contributed by atoms with Gasteiger partial charge in [-0.15, -0.1) is 11.6 Å². The number of hydrogen-bond donors (Lipinski definition) is 1. The summed E-state index contributed by atoms with van der Waals surface area (Å²) in [6, 6.07) is 4.11. The van der Waals surface area contributed by atoms with Crippen molar-refractivity contribution < 1.29 is 13.2 Å². The summed E-state index contributed by atoms with van der Waals surface area (Å²) in [4.78, 5) is 0. The van der Waals surface area contributed by atoms with Gasteiger partial charge in [-0.2, -0.15) is 13.2 Å². The van der Waals surface area contributed by atoms with Crippen LogP contribution in [0.5, 0.6) is 0 Å². The quantitative estimate of drug-likeness (QED) is 0.731. The Balaban J connectivity index is 2.57. The normalized spacial score (nSPS) is 22.3. The van der Waals surface area contributed by atoms with E-state index in [4.69, 9.17) is 40.5 Å². The smallest absolute Gasteiger partial charge is 0.330 e.